The number of carbonyl (C=O) groups excluding carboxylic acids is 3. The number of aliphatic hydroxyl groups excluding tert-OH is 2. The van der Waals surface area contributed by atoms with Gasteiger partial charge in [0.15, 0.2) is 11.4 Å². The van der Waals surface area contributed by atoms with E-state index in [1.165, 1.54) is 11.0 Å². The second-order valence-corrected chi connectivity index (χ2v) is 12.8. The number of morpholine rings is 1. The number of hydrogen-bond acceptors (Lipinski definition) is 11. The number of nitrogens with zero attached hydrogens (tertiary/aromatic N) is 2. The molecular weight excluding hydrogens is 562 g/mol. The summed E-state index contributed by atoms with van der Waals surface area (Å²) in [5, 5.41) is 45.1. The molecular formula is C30H33N3O8S. The van der Waals surface area contributed by atoms with Gasteiger partial charge in [0.1, 0.15) is 22.8 Å². The molecule has 222 valence electrons. The van der Waals surface area contributed by atoms with Gasteiger partial charge in [-0.15, -0.1) is 11.3 Å². The number of nitrogens with two attached hydrogens (primary N) is 1. The van der Waals surface area contributed by atoms with E-state index >= 15 is 0 Å². The monoisotopic (exact) mass is 595 g/mol. The van der Waals surface area contributed by atoms with Gasteiger partial charge in [0.2, 0.25) is 5.78 Å². The van der Waals surface area contributed by atoms with E-state index < -0.39 is 58.0 Å². The SMILES string of the molecule is CN(C)C1C(=O)C(C(N)=O)=C(O)C2(O)C(=O)C3=C(O)c4c(O)ccc(-c5ccc(CN6CCOCC6)s5)c4CC3CC12. The highest BCUT2D eigenvalue weighted by molar-refractivity contribution is 7.15. The maximum absolute atomic E-state index is 14.0. The molecule has 1 saturated heterocycles. The van der Waals surface area contributed by atoms with Crippen molar-refractivity contribution in [3.8, 4) is 16.2 Å². The number of amides is 1. The van der Waals surface area contributed by atoms with Crippen LogP contribution >= 0.6 is 11.3 Å². The van der Waals surface area contributed by atoms with Crippen molar-refractivity contribution >= 4 is 34.6 Å². The van der Waals surface area contributed by atoms with Gasteiger partial charge in [0, 0.05) is 40.9 Å². The fourth-order valence-corrected chi connectivity index (χ4v) is 8.17. The van der Waals surface area contributed by atoms with Crippen LogP contribution < -0.4 is 5.73 Å². The van der Waals surface area contributed by atoms with E-state index in [0.29, 0.717) is 18.8 Å². The number of ether oxygens (including phenoxy) is 1. The lowest BCUT2D eigenvalue weighted by Crippen LogP contribution is -2.65. The molecule has 1 saturated carbocycles. The number of thiophene rings is 1. The van der Waals surface area contributed by atoms with Crippen molar-refractivity contribution in [2.75, 3.05) is 40.4 Å². The van der Waals surface area contributed by atoms with Crippen molar-refractivity contribution in [3.63, 3.8) is 0 Å². The minimum Gasteiger partial charge on any atom is -0.508 e. The van der Waals surface area contributed by atoms with E-state index in [2.05, 4.69) is 11.0 Å². The van der Waals surface area contributed by atoms with Crippen LogP contribution in [0.15, 0.2) is 41.2 Å². The summed E-state index contributed by atoms with van der Waals surface area (Å²) in [4.78, 5) is 45.4. The topological polar surface area (TPSA) is 174 Å². The summed E-state index contributed by atoms with van der Waals surface area (Å²) in [5.74, 6) is -6.60. The molecule has 4 unspecified atom stereocenters. The van der Waals surface area contributed by atoms with Crippen LogP contribution in [0.1, 0.15) is 22.4 Å². The zero-order chi connectivity index (χ0) is 30.1. The number of primary amides is 1. The number of phenols is 1. The molecule has 2 heterocycles. The predicted octanol–water partition coefficient (Wildman–Crippen LogP) is 1.52. The molecule has 42 heavy (non-hydrogen) atoms. The number of carbonyl (C=O) groups is 3. The van der Waals surface area contributed by atoms with Gasteiger partial charge in [-0.3, -0.25) is 24.2 Å². The molecule has 4 aliphatic rings. The minimum atomic E-state index is -2.65. The van der Waals surface area contributed by atoms with E-state index in [1.807, 2.05) is 6.07 Å². The van der Waals surface area contributed by atoms with Crippen LogP contribution in [-0.4, -0.2) is 99.7 Å². The molecule has 3 aliphatic carbocycles. The van der Waals surface area contributed by atoms with Gasteiger partial charge in [-0.2, -0.15) is 0 Å². The van der Waals surface area contributed by atoms with Crippen LogP contribution in [0.4, 0.5) is 0 Å². The molecule has 1 amide bonds. The van der Waals surface area contributed by atoms with Gasteiger partial charge in [0.05, 0.1) is 24.8 Å². The van der Waals surface area contributed by atoms with Crippen molar-refractivity contribution in [2.24, 2.45) is 17.6 Å². The van der Waals surface area contributed by atoms with Gasteiger partial charge in [-0.25, -0.2) is 0 Å². The Morgan fingerprint density at radius 1 is 1.14 bits per heavy atom. The summed E-state index contributed by atoms with van der Waals surface area (Å²) in [6, 6.07) is 6.19. The molecule has 12 heteroatoms. The summed E-state index contributed by atoms with van der Waals surface area (Å²) >= 11 is 1.61. The Hall–Kier alpha value is -3.55. The Kier molecular flexibility index (Phi) is 7.02. The Bertz CT molecular complexity index is 1570. The van der Waals surface area contributed by atoms with Crippen LogP contribution in [0.2, 0.25) is 0 Å². The van der Waals surface area contributed by atoms with Gasteiger partial charge in [-0.05, 0) is 68.2 Å². The van der Waals surface area contributed by atoms with E-state index in [9.17, 15) is 34.8 Å². The molecule has 1 aliphatic heterocycles. The van der Waals surface area contributed by atoms with Crippen molar-refractivity contribution in [2.45, 2.75) is 31.0 Å². The lowest BCUT2D eigenvalue weighted by atomic mass is 9.57. The minimum absolute atomic E-state index is 0.0492. The molecule has 6 N–H and O–H groups in total. The van der Waals surface area contributed by atoms with E-state index in [1.54, 1.807) is 31.5 Å². The number of phenolic OH excluding ortho intramolecular Hbond substituents is 1. The Labute approximate surface area is 246 Å². The smallest absolute Gasteiger partial charge is 0.255 e. The lowest BCUT2D eigenvalue weighted by molar-refractivity contribution is -0.153. The van der Waals surface area contributed by atoms with Crippen LogP contribution in [0, 0.1) is 11.8 Å². The quantitative estimate of drug-likeness (QED) is 0.319. The standard InChI is InChI=1S/C30H33N3O8S/c1-32(2)24-18-12-14-11-17-16(20-6-3-15(42-20)13-33-7-9-41-10-8-33)4-5-19(34)22(17)25(35)21(14)27(37)30(18,40)28(38)23(26(24)36)29(31)39/h3-6,14,18,24,34-35,38,40H,7-13H2,1-2H3,(H2,31,39). The molecule has 1 aromatic carbocycles. The molecule has 0 bridgehead atoms. The third-order valence-corrected chi connectivity index (χ3v) is 10.1. The zero-order valence-electron chi connectivity index (χ0n) is 23.3. The molecule has 2 aromatic rings. The Morgan fingerprint density at radius 3 is 2.52 bits per heavy atom. The van der Waals surface area contributed by atoms with Crippen LogP contribution in [0.3, 0.4) is 0 Å². The molecule has 0 radical (unpaired) electrons. The molecule has 2 fully saturated rings. The van der Waals surface area contributed by atoms with Crippen molar-refractivity contribution in [3.05, 3.63) is 57.2 Å². The predicted molar refractivity (Wildman–Crippen MR) is 154 cm³/mol. The van der Waals surface area contributed by atoms with Gasteiger partial charge in [-0.1, -0.05) is 0 Å². The number of likely N-dealkylation sites (N-methyl/N-ethyl adjacent to an activating group) is 1. The van der Waals surface area contributed by atoms with Crippen molar-refractivity contribution in [1.82, 2.24) is 9.80 Å². The summed E-state index contributed by atoms with van der Waals surface area (Å²) in [6.45, 7) is 3.89. The lowest BCUT2D eigenvalue weighted by Gasteiger charge is -2.50. The molecule has 4 atom stereocenters. The summed E-state index contributed by atoms with van der Waals surface area (Å²) < 4.78 is 5.44. The van der Waals surface area contributed by atoms with Crippen LogP contribution in [-0.2, 0) is 32.1 Å². The van der Waals surface area contributed by atoms with Gasteiger partial charge < -0.3 is 30.9 Å². The average Bonchev–Trinajstić information content (AvgIpc) is 3.39. The van der Waals surface area contributed by atoms with Crippen LogP contribution in [0.5, 0.6) is 5.75 Å². The second kappa shape index (κ2) is 10.3. The van der Waals surface area contributed by atoms with Gasteiger partial charge >= 0.3 is 0 Å². The fourth-order valence-electron chi connectivity index (χ4n) is 7.06. The number of ketones is 2. The Morgan fingerprint density at radius 2 is 1.86 bits per heavy atom. The molecule has 11 nitrogen and oxygen atoms in total. The first kappa shape index (κ1) is 28.6. The van der Waals surface area contributed by atoms with Crippen molar-refractivity contribution < 1.29 is 39.5 Å². The molecule has 1 aromatic heterocycles. The van der Waals surface area contributed by atoms with E-state index in [-0.39, 0.29) is 29.7 Å². The summed E-state index contributed by atoms with van der Waals surface area (Å²) in [7, 11) is 3.16. The normalized spacial score (nSPS) is 28.1. The van der Waals surface area contributed by atoms with E-state index in [4.69, 9.17) is 10.5 Å². The average molecular weight is 596 g/mol. The fraction of sp³-hybridized carbons (Fsp3) is 0.433. The van der Waals surface area contributed by atoms with Crippen LogP contribution in [0.25, 0.3) is 16.2 Å². The van der Waals surface area contributed by atoms with Gasteiger partial charge in [0.25, 0.3) is 5.91 Å². The number of aromatic hydroxyl groups is 1. The first-order valence-corrected chi connectivity index (χ1v) is 14.7. The molecule has 0 spiro atoms. The second-order valence-electron chi connectivity index (χ2n) is 11.6. The van der Waals surface area contributed by atoms with Crippen molar-refractivity contribution in [1.29, 1.82) is 0 Å². The first-order chi connectivity index (χ1) is 19.9. The Balaban J connectivity index is 1.44. The number of hydrogen-bond donors (Lipinski definition) is 5. The maximum Gasteiger partial charge on any atom is 0.255 e. The molecule has 6 rings (SSSR count). The largest absolute Gasteiger partial charge is 0.508 e. The number of rotatable bonds is 5. The summed E-state index contributed by atoms with van der Waals surface area (Å²) in [5.41, 5.74) is 3.30. The third kappa shape index (κ3) is 4.20. The number of fused-ring (bicyclic) bond motifs is 3. The highest BCUT2D eigenvalue weighted by Crippen LogP contribution is 2.53. The highest BCUT2D eigenvalue weighted by atomic mass is 32.1. The number of benzene rings is 1. The summed E-state index contributed by atoms with van der Waals surface area (Å²) in [6.07, 6.45) is 0.294. The third-order valence-electron chi connectivity index (χ3n) is 9.01. The number of aliphatic hydroxyl groups is 3. The highest BCUT2D eigenvalue weighted by Gasteiger charge is 2.64. The first-order valence-electron chi connectivity index (χ1n) is 13.8. The van der Waals surface area contributed by atoms with E-state index in [0.717, 1.165) is 35.0 Å². The number of Topliss-reactive ketones (excluding diaryl/α,β-unsaturated/α-hetero) is 2. The zero-order valence-corrected chi connectivity index (χ0v) is 24.1. The maximum atomic E-state index is 14.0.